The van der Waals surface area contributed by atoms with Crippen molar-refractivity contribution in [1.29, 1.82) is 0 Å². The number of benzene rings is 1. The molecule has 3 heteroatoms. The van der Waals surface area contributed by atoms with Crippen LogP contribution in [0.2, 0.25) is 5.02 Å². The number of carbonyl (C=O) groups is 1. The summed E-state index contributed by atoms with van der Waals surface area (Å²) >= 11 is 5.85. The Balaban J connectivity index is 1.84. The van der Waals surface area contributed by atoms with Crippen molar-refractivity contribution in [1.82, 2.24) is 5.32 Å². The van der Waals surface area contributed by atoms with Gasteiger partial charge in [-0.05, 0) is 30.2 Å². The van der Waals surface area contributed by atoms with E-state index in [0.29, 0.717) is 5.02 Å². The van der Waals surface area contributed by atoms with Gasteiger partial charge in [-0.2, -0.15) is 0 Å². The predicted octanol–water partition coefficient (Wildman–Crippen LogP) is 7.95. The van der Waals surface area contributed by atoms with Gasteiger partial charge < -0.3 is 5.32 Å². The van der Waals surface area contributed by atoms with Crippen molar-refractivity contribution < 1.29 is 4.79 Å². The number of nitrogens with one attached hydrogen (secondary N) is 1. The normalized spacial score (nSPS) is 11.2. The molecule has 1 N–H and O–H groups in total. The van der Waals surface area contributed by atoms with Crippen LogP contribution in [0.25, 0.3) is 6.08 Å². The lowest BCUT2D eigenvalue weighted by atomic mass is 10.0. The van der Waals surface area contributed by atoms with E-state index >= 15 is 0 Å². The van der Waals surface area contributed by atoms with Crippen molar-refractivity contribution in [2.45, 2.75) is 96.8 Å². The van der Waals surface area contributed by atoms with E-state index in [1.54, 1.807) is 6.08 Å². The minimum Gasteiger partial charge on any atom is -0.353 e. The first kappa shape index (κ1) is 24.8. The number of rotatable bonds is 17. The smallest absolute Gasteiger partial charge is 0.243 e. The van der Waals surface area contributed by atoms with Gasteiger partial charge in [0, 0.05) is 17.6 Å². The molecular weight excluding hydrogens is 366 g/mol. The lowest BCUT2D eigenvalue weighted by molar-refractivity contribution is -0.116. The minimum absolute atomic E-state index is 0.0235. The summed E-state index contributed by atoms with van der Waals surface area (Å²) in [6.45, 7) is 3.04. The number of carbonyl (C=O) groups excluding carboxylic acids is 1. The highest BCUT2D eigenvalue weighted by Gasteiger charge is 1.97. The lowest BCUT2D eigenvalue weighted by Gasteiger charge is -2.04. The SMILES string of the molecule is CCCCCCCCCCCCCCCCNC(=O)/C=C/c1ccc(Cl)cc1. The number of unbranched alkanes of at least 4 members (excludes halogenated alkanes) is 13. The maximum atomic E-state index is 11.8. The van der Waals surface area contributed by atoms with E-state index in [-0.39, 0.29) is 5.91 Å². The molecule has 0 bridgehead atoms. The molecule has 0 saturated carbocycles. The minimum atomic E-state index is -0.0235. The van der Waals surface area contributed by atoms with Crippen LogP contribution in [0.15, 0.2) is 30.3 Å². The summed E-state index contributed by atoms with van der Waals surface area (Å²) in [7, 11) is 0. The molecule has 1 aromatic rings. The van der Waals surface area contributed by atoms with Crippen LogP contribution in [0.5, 0.6) is 0 Å². The van der Waals surface area contributed by atoms with Gasteiger partial charge in [0.05, 0.1) is 0 Å². The van der Waals surface area contributed by atoms with Crippen LogP contribution in [0.3, 0.4) is 0 Å². The van der Waals surface area contributed by atoms with Gasteiger partial charge in [-0.15, -0.1) is 0 Å². The highest BCUT2D eigenvalue weighted by molar-refractivity contribution is 6.30. The molecule has 0 fully saturated rings. The third kappa shape index (κ3) is 14.7. The van der Waals surface area contributed by atoms with E-state index in [0.717, 1.165) is 18.5 Å². The molecule has 158 valence electrons. The Bertz CT molecular complexity index is 524. The summed E-state index contributed by atoms with van der Waals surface area (Å²) in [6, 6.07) is 7.46. The van der Waals surface area contributed by atoms with Gasteiger partial charge in [0.1, 0.15) is 0 Å². The summed E-state index contributed by atoms with van der Waals surface area (Å²) in [5.74, 6) is -0.0235. The second kappa shape index (κ2) is 17.8. The molecule has 2 nitrogen and oxygen atoms in total. The van der Waals surface area contributed by atoms with Gasteiger partial charge in [0.15, 0.2) is 0 Å². The number of halogens is 1. The first-order valence-electron chi connectivity index (χ1n) is 11.4. The Hall–Kier alpha value is -1.28. The van der Waals surface area contributed by atoms with Crippen LogP contribution in [-0.4, -0.2) is 12.5 Å². The molecular formula is C25H40ClNO. The molecule has 0 aromatic heterocycles. The van der Waals surface area contributed by atoms with Gasteiger partial charge in [-0.3, -0.25) is 4.79 Å². The Labute approximate surface area is 178 Å². The fourth-order valence-electron chi connectivity index (χ4n) is 3.34. The maximum Gasteiger partial charge on any atom is 0.243 e. The molecule has 0 spiro atoms. The molecule has 0 heterocycles. The van der Waals surface area contributed by atoms with Gasteiger partial charge >= 0.3 is 0 Å². The standard InChI is InChI=1S/C25H40ClNO/c1-2-3-4-5-6-7-8-9-10-11-12-13-14-15-22-27-25(28)21-18-23-16-19-24(26)20-17-23/h16-21H,2-15,22H2,1H3,(H,27,28)/b21-18+. The van der Waals surface area contributed by atoms with E-state index in [2.05, 4.69) is 12.2 Å². The van der Waals surface area contributed by atoms with Gasteiger partial charge in [0.2, 0.25) is 5.91 Å². The van der Waals surface area contributed by atoms with Crippen molar-refractivity contribution in [2.24, 2.45) is 0 Å². The van der Waals surface area contributed by atoms with E-state index < -0.39 is 0 Å². The molecule has 0 saturated heterocycles. The van der Waals surface area contributed by atoms with Gasteiger partial charge in [-0.25, -0.2) is 0 Å². The summed E-state index contributed by atoms with van der Waals surface area (Å²) < 4.78 is 0. The zero-order valence-electron chi connectivity index (χ0n) is 17.9. The van der Waals surface area contributed by atoms with Crippen LogP contribution < -0.4 is 5.32 Å². The molecule has 0 radical (unpaired) electrons. The second-order valence-electron chi connectivity index (χ2n) is 7.77. The third-order valence-corrected chi connectivity index (χ3v) is 5.38. The molecule has 28 heavy (non-hydrogen) atoms. The average Bonchev–Trinajstić information content (AvgIpc) is 2.70. The summed E-state index contributed by atoms with van der Waals surface area (Å²) in [5.41, 5.74) is 0.982. The topological polar surface area (TPSA) is 29.1 Å². The van der Waals surface area contributed by atoms with Crippen LogP contribution in [0.1, 0.15) is 102 Å². The van der Waals surface area contributed by atoms with Crippen molar-refractivity contribution in [2.75, 3.05) is 6.54 Å². The van der Waals surface area contributed by atoms with Crippen molar-refractivity contribution >= 4 is 23.6 Å². The van der Waals surface area contributed by atoms with Crippen molar-refractivity contribution in [3.05, 3.63) is 40.9 Å². The fraction of sp³-hybridized carbons (Fsp3) is 0.640. The van der Waals surface area contributed by atoms with E-state index in [4.69, 9.17) is 11.6 Å². The zero-order valence-corrected chi connectivity index (χ0v) is 18.6. The van der Waals surface area contributed by atoms with E-state index in [1.165, 1.54) is 83.5 Å². The largest absolute Gasteiger partial charge is 0.353 e. The summed E-state index contributed by atoms with van der Waals surface area (Å²) in [6.07, 6.45) is 22.3. The molecule has 0 aliphatic carbocycles. The average molecular weight is 406 g/mol. The maximum absolute atomic E-state index is 11.8. The molecule has 0 aliphatic heterocycles. The number of hydrogen-bond acceptors (Lipinski definition) is 1. The Morgan fingerprint density at radius 1 is 0.786 bits per heavy atom. The quantitative estimate of drug-likeness (QED) is 0.206. The molecule has 0 aliphatic rings. The number of hydrogen-bond donors (Lipinski definition) is 1. The Morgan fingerprint density at radius 2 is 1.25 bits per heavy atom. The van der Waals surface area contributed by atoms with Gasteiger partial charge in [0.25, 0.3) is 0 Å². The van der Waals surface area contributed by atoms with Gasteiger partial charge in [-0.1, -0.05) is 114 Å². The Kier molecular flexibility index (Phi) is 15.7. The summed E-state index contributed by atoms with van der Waals surface area (Å²) in [5, 5.41) is 3.66. The second-order valence-corrected chi connectivity index (χ2v) is 8.21. The predicted molar refractivity (Wildman–Crippen MR) is 124 cm³/mol. The van der Waals surface area contributed by atoms with Crippen molar-refractivity contribution in [3.63, 3.8) is 0 Å². The fourth-order valence-corrected chi connectivity index (χ4v) is 3.46. The summed E-state index contributed by atoms with van der Waals surface area (Å²) in [4.78, 5) is 11.8. The molecule has 0 atom stereocenters. The van der Waals surface area contributed by atoms with Crippen molar-refractivity contribution in [3.8, 4) is 0 Å². The van der Waals surface area contributed by atoms with Crippen LogP contribution in [0, 0.1) is 0 Å². The van der Waals surface area contributed by atoms with E-state index in [1.807, 2.05) is 30.3 Å². The lowest BCUT2D eigenvalue weighted by Crippen LogP contribution is -2.21. The molecule has 1 amide bonds. The zero-order chi connectivity index (χ0) is 20.3. The Morgan fingerprint density at radius 3 is 1.75 bits per heavy atom. The highest BCUT2D eigenvalue weighted by Crippen LogP contribution is 2.13. The molecule has 1 rings (SSSR count). The first-order valence-corrected chi connectivity index (χ1v) is 11.8. The highest BCUT2D eigenvalue weighted by atomic mass is 35.5. The molecule has 1 aromatic carbocycles. The third-order valence-electron chi connectivity index (χ3n) is 5.13. The van der Waals surface area contributed by atoms with Crippen LogP contribution >= 0.6 is 11.6 Å². The monoisotopic (exact) mass is 405 g/mol. The first-order chi connectivity index (χ1) is 13.7. The van der Waals surface area contributed by atoms with Crippen LogP contribution in [0.4, 0.5) is 0 Å². The van der Waals surface area contributed by atoms with Crippen LogP contribution in [-0.2, 0) is 4.79 Å². The number of amides is 1. The molecule has 0 unspecified atom stereocenters. The van der Waals surface area contributed by atoms with E-state index in [9.17, 15) is 4.79 Å².